The highest BCUT2D eigenvalue weighted by Crippen LogP contribution is 2.32. The summed E-state index contributed by atoms with van der Waals surface area (Å²) in [5, 5.41) is 2.60. The molecule has 22 heavy (non-hydrogen) atoms. The van der Waals surface area contributed by atoms with Crippen molar-refractivity contribution in [2.45, 2.75) is 51.2 Å². The minimum absolute atomic E-state index is 0.00195. The molecule has 1 fully saturated rings. The van der Waals surface area contributed by atoms with E-state index in [0.717, 1.165) is 37.8 Å². The molecule has 0 heterocycles. The lowest BCUT2D eigenvalue weighted by Crippen LogP contribution is -2.35. The van der Waals surface area contributed by atoms with Gasteiger partial charge in [0.05, 0.1) is 5.56 Å². The Hall–Kier alpha value is -1.56. The van der Waals surface area contributed by atoms with E-state index >= 15 is 0 Å². The van der Waals surface area contributed by atoms with Crippen LogP contribution in [-0.2, 0) is 11.0 Å². The molecule has 1 aliphatic rings. The summed E-state index contributed by atoms with van der Waals surface area (Å²) in [5.74, 6) is -0.162. The van der Waals surface area contributed by atoms with Crippen molar-refractivity contribution in [2.75, 3.05) is 5.32 Å². The van der Waals surface area contributed by atoms with Gasteiger partial charge >= 0.3 is 6.18 Å². The van der Waals surface area contributed by atoms with Gasteiger partial charge in [-0.25, -0.2) is 0 Å². The van der Waals surface area contributed by atoms with Crippen LogP contribution in [0.15, 0.2) is 18.2 Å². The molecule has 6 heteroatoms. The number of halogens is 3. The first-order valence-electron chi connectivity index (χ1n) is 7.50. The highest BCUT2D eigenvalue weighted by molar-refractivity contribution is 5.91. The van der Waals surface area contributed by atoms with E-state index in [1.165, 1.54) is 6.07 Å². The Labute approximate surface area is 128 Å². The number of aryl methyl sites for hydroxylation is 1. The summed E-state index contributed by atoms with van der Waals surface area (Å²) in [4.78, 5) is 12.1. The molecule has 3 nitrogen and oxygen atoms in total. The highest BCUT2D eigenvalue weighted by atomic mass is 19.4. The Morgan fingerprint density at radius 1 is 1.32 bits per heavy atom. The summed E-state index contributed by atoms with van der Waals surface area (Å²) in [7, 11) is 0. The summed E-state index contributed by atoms with van der Waals surface area (Å²) < 4.78 is 38.2. The molecular formula is C16H21F3N2O. The molecule has 1 amide bonds. The second kappa shape index (κ2) is 6.69. The third-order valence-electron chi connectivity index (χ3n) is 4.25. The number of benzene rings is 1. The third-order valence-corrected chi connectivity index (χ3v) is 4.25. The molecule has 1 aromatic rings. The summed E-state index contributed by atoms with van der Waals surface area (Å²) >= 11 is 0. The average molecular weight is 314 g/mol. The summed E-state index contributed by atoms with van der Waals surface area (Å²) in [6.07, 6.45) is -0.229. The Kier molecular flexibility index (Phi) is 5.11. The van der Waals surface area contributed by atoms with Gasteiger partial charge in [-0.1, -0.05) is 18.9 Å². The smallest absolute Gasteiger partial charge is 0.327 e. The predicted molar refractivity (Wildman–Crippen MR) is 79.4 cm³/mol. The molecule has 1 aromatic carbocycles. The monoisotopic (exact) mass is 314 g/mol. The zero-order chi connectivity index (χ0) is 16.3. The number of hydrogen-bond donors (Lipinski definition) is 2. The van der Waals surface area contributed by atoms with Crippen molar-refractivity contribution < 1.29 is 18.0 Å². The summed E-state index contributed by atoms with van der Waals surface area (Å²) in [6, 6.07) is 3.36. The lowest BCUT2D eigenvalue weighted by atomic mass is 9.83. The van der Waals surface area contributed by atoms with Crippen molar-refractivity contribution >= 4 is 11.6 Å². The quantitative estimate of drug-likeness (QED) is 0.890. The van der Waals surface area contributed by atoms with Crippen LogP contribution in [0, 0.1) is 12.8 Å². The van der Waals surface area contributed by atoms with Crippen LogP contribution in [0.4, 0.5) is 18.9 Å². The van der Waals surface area contributed by atoms with Crippen molar-refractivity contribution in [3.05, 3.63) is 29.3 Å². The molecule has 0 aliphatic heterocycles. The number of hydrogen-bond acceptors (Lipinski definition) is 2. The second-order valence-electron chi connectivity index (χ2n) is 5.99. The van der Waals surface area contributed by atoms with Crippen LogP contribution in [0.25, 0.3) is 0 Å². The van der Waals surface area contributed by atoms with Gasteiger partial charge in [0.25, 0.3) is 0 Å². The van der Waals surface area contributed by atoms with Crippen LogP contribution in [-0.4, -0.2) is 11.9 Å². The Morgan fingerprint density at radius 3 is 2.64 bits per heavy atom. The number of amides is 1. The first kappa shape index (κ1) is 16.8. The molecule has 2 rings (SSSR count). The second-order valence-corrected chi connectivity index (χ2v) is 5.99. The van der Waals surface area contributed by atoms with Crippen molar-refractivity contribution in [1.82, 2.24) is 0 Å². The Bertz CT molecular complexity index is 543. The number of anilines is 1. The number of rotatable bonds is 3. The average Bonchev–Trinajstić information content (AvgIpc) is 2.42. The van der Waals surface area contributed by atoms with Crippen molar-refractivity contribution in [3.63, 3.8) is 0 Å². The van der Waals surface area contributed by atoms with Crippen LogP contribution in [0.2, 0.25) is 0 Å². The largest absolute Gasteiger partial charge is 0.416 e. The van der Waals surface area contributed by atoms with E-state index in [1.807, 2.05) is 0 Å². The maximum absolute atomic E-state index is 12.7. The maximum Gasteiger partial charge on any atom is 0.416 e. The molecule has 0 saturated heterocycles. The fourth-order valence-corrected chi connectivity index (χ4v) is 2.86. The van der Waals surface area contributed by atoms with E-state index < -0.39 is 11.7 Å². The summed E-state index contributed by atoms with van der Waals surface area (Å²) in [6.45, 7) is 1.67. The lowest BCUT2D eigenvalue weighted by Gasteiger charge is -2.28. The number of carbonyl (C=O) groups excluding carboxylic acids is 1. The Balaban J connectivity index is 2.04. The standard InChI is InChI=1S/C16H21F3N2O/c1-10-6-7-12(16(17,18)19)9-14(10)21-15(22)8-11-4-2-3-5-13(11)20/h6-7,9,11,13H,2-5,8,20H2,1H3,(H,21,22). The van der Waals surface area contributed by atoms with E-state index in [0.29, 0.717) is 5.56 Å². The summed E-state index contributed by atoms with van der Waals surface area (Å²) in [5.41, 5.74) is 6.06. The van der Waals surface area contributed by atoms with Gasteiger partial charge in [0.2, 0.25) is 5.91 Å². The molecule has 2 atom stereocenters. The van der Waals surface area contributed by atoms with Crippen molar-refractivity contribution in [3.8, 4) is 0 Å². The zero-order valence-corrected chi connectivity index (χ0v) is 12.5. The SMILES string of the molecule is Cc1ccc(C(F)(F)F)cc1NC(=O)CC1CCCCC1N. The lowest BCUT2D eigenvalue weighted by molar-refractivity contribution is -0.137. The van der Waals surface area contributed by atoms with Crippen LogP contribution in [0.5, 0.6) is 0 Å². The first-order valence-corrected chi connectivity index (χ1v) is 7.50. The van der Waals surface area contributed by atoms with Crippen molar-refractivity contribution in [2.24, 2.45) is 11.7 Å². The Morgan fingerprint density at radius 2 is 2.00 bits per heavy atom. The van der Waals surface area contributed by atoms with E-state index in [1.54, 1.807) is 6.92 Å². The molecular weight excluding hydrogens is 293 g/mol. The van der Waals surface area contributed by atoms with Crippen LogP contribution in [0.1, 0.15) is 43.2 Å². The van der Waals surface area contributed by atoms with Gasteiger partial charge in [0.1, 0.15) is 0 Å². The molecule has 0 aromatic heterocycles. The van der Waals surface area contributed by atoms with Crippen LogP contribution < -0.4 is 11.1 Å². The molecule has 0 bridgehead atoms. The number of nitrogens with one attached hydrogen (secondary N) is 1. The van der Waals surface area contributed by atoms with Gasteiger partial charge in [-0.3, -0.25) is 4.79 Å². The van der Waals surface area contributed by atoms with Crippen molar-refractivity contribution in [1.29, 1.82) is 0 Å². The molecule has 2 unspecified atom stereocenters. The third kappa shape index (κ3) is 4.22. The van der Waals surface area contributed by atoms with Gasteiger partial charge in [0.15, 0.2) is 0 Å². The molecule has 0 radical (unpaired) electrons. The van der Waals surface area contributed by atoms with Gasteiger partial charge in [0, 0.05) is 18.2 Å². The normalized spacial score (nSPS) is 22.4. The van der Waals surface area contributed by atoms with E-state index in [9.17, 15) is 18.0 Å². The molecule has 122 valence electrons. The van der Waals surface area contributed by atoms with Gasteiger partial charge in [-0.2, -0.15) is 13.2 Å². The van der Waals surface area contributed by atoms with Crippen LogP contribution >= 0.6 is 0 Å². The van der Waals surface area contributed by atoms with E-state index in [4.69, 9.17) is 5.73 Å². The minimum Gasteiger partial charge on any atom is -0.327 e. The predicted octanol–water partition coefficient (Wildman–Crippen LogP) is 3.86. The molecule has 1 saturated carbocycles. The number of alkyl halides is 3. The van der Waals surface area contributed by atoms with Gasteiger partial charge in [-0.05, 0) is 43.4 Å². The van der Waals surface area contributed by atoms with E-state index in [-0.39, 0.29) is 30.0 Å². The topological polar surface area (TPSA) is 55.1 Å². The number of nitrogens with two attached hydrogens (primary N) is 1. The first-order chi connectivity index (χ1) is 10.3. The van der Waals surface area contributed by atoms with Gasteiger partial charge < -0.3 is 11.1 Å². The minimum atomic E-state index is -4.42. The zero-order valence-electron chi connectivity index (χ0n) is 12.5. The van der Waals surface area contributed by atoms with E-state index in [2.05, 4.69) is 5.32 Å². The fourth-order valence-electron chi connectivity index (χ4n) is 2.86. The maximum atomic E-state index is 12.7. The van der Waals surface area contributed by atoms with Gasteiger partial charge in [-0.15, -0.1) is 0 Å². The highest BCUT2D eigenvalue weighted by Gasteiger charge is 2.31. The van der Waals surface area contributed by atoms with Crippen LogP contribution in [0.3, 0.4) is 0 Å². The molecule has 0 spiro atoms. The fraction of sp³-hybridized carbons (Fsp3) is 0.562. The molecule has 3 N–H and O–H groups in total. The number of carbonyl (C=O) groups is 1. The molecule has 1 aliphatic carbocycles.